The van der Waals surface area contributed by atoms with Gasteiger partial charge in [0.15, 0.2) is 4.08 Å². The maximum absolute atomic E-state index is 12.3. The fraction of sp³-hybridized carbons (Fsp3) is 0.769. The van der Waals surface area contributed by atoms with E-state index in [2.05, 4.69) is 4.74 Å². The number of carboxylic acid groups (broad SMARTS) is 1. The fourth-order valence-electron chi connectivity index (χ4n) is 2.64. The van der Waals surface area contributed by atoms with Crippen molar-refractivity contribution in [2.45, 2.75) is 33.2 Å². The Morgan fingerprint density at radius 2 is 2.16 bits per heavy atom. The molecule has 0 radical (unpaired) electrons. The van der Waals surface area contributed by atoms with Crippen molar-refractivity contribution in [1.29, 1.82) is 0 Å². The van der Waals surface area contributed by atoms with Crippen LogP contribution in [-0.4, -0.2) is 66.3 Å². The van der Waals surface area contributed by atoms with Crippen LogP contribution in [-0.2, 0) is 19.1 Å². The Labute approximate surface area is 168 Å². The van der Waals surface area contributed by atoms with Crippen LogP contribution in [0.3, 0.4) is 0 Å². The minimum absolute atomic E-state index is 0.121. The minimum Gasteiger partial charge on any atom is -0.480 e. The number of thioether (sulfide) groups is 2. The maximum Gasteiger partial charge on any atom is 0.508 e. The molecule has 2 aliphatic heterocycles. The molecule has 0 aromatic rings. The first-order valence-corrected chi connectivity index (χ1v) is 10.3. The van der Waals surface area contributed by atoms with Gasteiger partial charge in [-0.1, -0.05) is 41.7 Å². The Hall–Kier alpha value is -0.220. The molecule has 4 atom stereocenters. The van der Waals surface area contributed by atoms with Gasteiger partial charge in [0.25, 0.3) is 0 Å². The third kappa shape index (κ3) is 4.55. The summed E-state index contributed by atoms with van der Waals surface area (Å²) in [5, 5.41) is 9.18. The molecule has 0 aromatic heterocycles. The lowest BCUT2D eigenvalue weighted by molar-refractivity contribution is -0.156. The van der Waals surface area contributed by atoms with E-state index in [0.29, 0.717) is 5.75 Å². The third-order valence-electron chi connectivity index (χ3n) is 3.72. The van der Waals surface area contributed by atoms with Crippen molar-refractivity contribution in [2.24, 2.45) is 5.92 Å². The van der Waals surface area contributed by atoms with Gasteiger partial charge in [0.2, 0.25) is 9.70 Å². The average molecular weight is 453 g/mol. The number of β-lactam (4-membered cyclic amide) rings is 1. The minimum atomic E-state index is -1.76. The summed E-state index contributed by atoms with van der Waals surface area (Å²) in [5.41, 5.74) is 0. The lowest BCUT2D eigenvalue weighted by Gasteiger charge is -2.43. The van der Waals surface area contributed by atoms with Gasteiger partial charge in [-0.25, -0.2) is 9.59 Å². The van der Waals surface area contributed by atoms with Crippen LogP contribution in [0.1, 0.15) is 13.8 Å². The predicted octanol–water partition coefficient (Wildman–Crippen LogP) is 2.96. The highest BCUT2D eigenvalue weighted by Crippen LogP contribution is 2.55. The van der Waals surface area contributed by atoms with Gasteiger partial charge in [0.05, 0.1) is 11.9 Å². The number of carboxylic acids is 1. The van der Waals surface area contributed by atoms with E-state index in [4.69, 9.17) is 39.5 Å². The summed E-state index contributed by atoms with van der Waals surface area (Å²) in [6.07, 6.45) is -1.85. The summed E-state index contributed by atoms with van der Waals surface area (Å²) in [4.78, 5) is 37.1. The lowest BCUT2D eigenvalue weighted by atomic mass is 9.92. The second kappa shape index (κ2) is 7.80. The summed E-state index contributed by atoms with van der Waals surface area (Å²) in [6, 6.07) is 0. The summed E-state index contributed by atoms with van der Waals surface area (Å²) in [7, 11) is 0. The molecule has 2 unspecified atom stereocenters. The van der Waals surface area contributed by atoms with Crippen molar-refractivity contribution in [3.63, 3.8) is 0 Å². The maximum atomic E-state index is 12.3. The van der Waals surface area contributed by atoms with E-state index >= 15 is 0 Å². The molecule has 1 N–H and O–H groups in total. The highest BCUT2D eigenvalue weighted by atomic mass is 35.6. The molecule has 2 fully saturated rings. The first-order valence-electron chi connectivity index (χ1n) is 7.26. The van der Waals surface area contributed by atoms with E-state index in [1.807, 2.05) is 6.92 Å². The number of hydrogen-bond donors (Lipinski definition) is 1. The molecule has 25 heavy (non-hydrogen) atoms. The molecule has 0 saturated carbocycles. The average Bonchev–Trinajstić information content (AvgIpc) is 2.81. The van der Waals surface area contributed by atoms with Crippen molar-refractivity contribution in [3.8, 4) is 0 Å². The van der Waals surface area contributed by atoms with Crippen LogP contribution in [0.2, 0.25) is 0 Å². The highest BCUT2D eigenvalue weighted by molar-refractivity contribution is 8.19. The van der Waals surface area contributed by atoms with Crippen LogP contribution in [0.25, 0.3) is 0 Å². The summed E-state index contributed by atoms with van der Waals surface area (Å²) >= 11 is 18.9. The molecule has 7 nitrogen and oxygen atoms in total. The van der Waals surface area contributed by atoms with Gasteiger partial charge in [-0.2, -0.15) is 0 Å². The largest absolute Gasteiger partial charge is 0.508 e. The number of nitrogens with zero attached hydrogens (tertiary/aromatic N) is 1. The second-order valence-electron chi connectivity index (χ2n) is 5.47. The number of aliphatic carboxylic acids is 1. The molecule has 12 heteroatoms. The molecule has 0 aliphatic carbocycles. The van der Waals surface area contributed by atoms with Crippen LogP contribution in [0.15, 0.2) is 0 Å². The monoisotopic (exact) mass is 451 g/mol. The van der Waals surface area contributed by atoms with E-state index in [1.54, 1.807) is 6.92 Å². The van der Waals surface area contributed by atoms with E-state index in [9.17, 15) is 19.5 Å². The van der Waals surface area contributed by atoms with Gasteiger partial charge in [-0.15, -0.1) is 23.5 Å². The number of rotatable bonds is 6. The zero-order chi connectivity index (χ0) is 19.0. The van der Waals surface area contributed by atoms with E-state index in [-0.39, 0.29) is 17.8 Å². The van der Waals surface area contributed by atoms with Gasteiger partial charge >= 0.3 is 12.1 Å². The van der Waals surface area contributed by atoms with Crippen LogP contribution < -0.4 is 0 Å². The summed E-state index contributed by atoms with van der Waals surface area (Å²) in [5.74, 6) is -1.25. The number of amides is 1. The molecule has 2 rings (SSSR count). The molecule has 2 heterocycles. The second-order valence-corrected chi connectivity index (χ2v) is 11.2. The van der Waals surface area contributed by atoms with Gasteiger partial charge < -0.3 is 19.5 Å². The van der Waals surface area contributed by atoms with Crippen molar-refractivity contribution in [1.82, 2.24) is 4.90 Å². The van der Waals surface area contributed by atoms with E-state index < -0.39 is 38.6 Å². The molecular formula is C13H16Cl3NO6S2. The number of carbonyl (C=O) groups is 3. The topological polar surface area (TPSA) is 93.1 Å². The molecule has 0 spiro atoms. The van der Waals surface area contributed by atoms with Crippen molar-refractivity contribution in [3.05, 3.63) is 0 Å². The number of ether oxygens (including phenoxy) is 2. The van der Waals surface area contributed by atoms with Crippen molar-refractivity contribution >= 4 is 76.4 Å². The van der Waals surface area contributed by atoms with Gasteiger partial charge in [0.1, 0.15) is 18.6 Å². The Bertz CT molecular complexity index is 574. The van der Waals surface area contributed by atoms with Gasteiger partial charge in [0, 0.05) is 0 Å². The van der Waals surface area contributed by atoms with Gasteiger partial charge in [-0.3, -0.25) is 4.79 Å². The van der Waals surface area contributed by atoms with Crippen LogP contribution >= 0.6 is 58.3 Å². The summed E-state index contributed by atoms with van der Waals surface area (Å²) in [6.45, 7) is 3.04. The molecule has 2 saturated heterocycles. The Morgan fingerprint density at radius 3 is 2.68 bits per heavy atom. The van der Waals surface area contributed by atoms with Gasteiger partial charge in [-0.05, 0) is 12.7 Å². The first kappa shape index (κ1) is 21.1. The standard InChI is InChI=1S/C13H16Cl3NO6S2/c1-3-24-12(10(19)20)4-17-8(18)7(9(17)25-12)6(2)23-11(21)22-5-13(14,15)16/h6-7,9H,3-5H2,1-2H3,(H,19,20)/t6?,7-,9+,12?/m0/s1. The highest BCUT2D eigenvalue weighted by Gasteiger charge is 2.63. The number of fused-ring (bicyclic) bond motifs is 1. The number of halogens is 3. The zero-order valence-corrected chi connectivity index (χ0v) is 17.1. The Morgan fingerprint density at radius 1 is 1.52 bits per heavy atom. The first-order chi connectivity index (χ1) is 11.5. The molecule has 2 aliphatic rings. The molecular weight excluding hydrogens is 437 g/mol. The number of hydrogen-bond acceptors (Lipinski definition) is 7. The van der Waals surface area contributed by atoms with E-state index in [0.717, 1.165) is 0 Å². The lowest BCUT2D eigenvalue weighted by Crippen LogP contribution is -2.61. The summed E-state index contributed by atoms with van der Waals surface area (Å²) < 4.78 is 6.88. The quantitative estimate of drug-likeness (QED) is 0.373. The normalized spacial score (nSPS) is 29.6. The van der Waals surface area contributed by atoms with Crippen molar-refractivity contribution < 1.29 is 29.0 Å². The van der Waals surface area contributed by atoms with Crippen LogP contribution in [0.5, 0.6) is 0 Å². The van der Waals surface area contributed by atoms with E-state index in [1.165, 1.54) is 28.4 Å². The van der Waals surface area contributed by atoms with Crippen LogP contribution in [0, 0.1) is 5.92 Å². The third-order valence-corrected chi connectivity index (χ3v) is 7.22. The van der Waals surface area contributed by atoms with Crippen molar-refractivity contribution in [2.75, 3.05) is 18.9 Å². The molecule has 1 amide bonds. The SMILES string of the molecule is CCSC1(C(=O)O)CN2C(=O)[C@H](C(C)OC(=O)OCC(Cl)(Cl)Cl)[C@H]2S1. The zero-order valence-electron chi connectivity index (χ0n) is 13.2. The number of carbonyl (C=O) groups excluding carboxylic acids is 2. The Balaban J connectivity index is 1.97. The van der Waals surface area contributed by atoms with Crippen LogP contribution in [0.4, 0.5) is 4.79 Å². The Kier molecular flexibility index (Phi) is 6.58. The smallest absolute Gasteiger partial charge is 0.480 e. The molecule has 0 aromatic carbocycles. The number of alkyl halides is 3. The fourth-order valence-corrected chi connectivity index (χ4v) is 6.04. The molecule has 142 valence electrons. The predicted molar refractivity (Wildman–Crippen MR) is 97.3 cm³/mol. The molecule has 0 bridgehead atoms.